The van der Waals surface area contributed by atoms with Gasteiger partial charge in [-0.15, -0.1) is 0 Å². The van der Waals surface area contributed by atoms with Gasteiger partial charge in [0.15, 0.2) is 0 Å². The van der Waals surface area contributed by atoms with Gasteiger partial charge in [0.2, 0.25) is 0 Å². The molecular weight excluding hydrogens is 291 g/mol. The van der Waals surface area contributed by atoms with Crippen LogP contribution in [0.4, 0.5) is 0 Å². The highest BCUT2D eigenvalue weighted by Crippen LogP contribution is 2.28. The van der Waals surface area contributed by atoms with Crippen molar-refractivity contribution in [2.24, 2.45) is 0 Å². The van der Waals surface area contributed by atoms with Crippen LogP contribution in [0.25, 0.3) is 0 Å². The molecule has 84 valence electrons. The van der Waals surface area contributed by atoms with Gasteiger partial charge in [-0.1, -0.05) is 27.5 Å². The first-order valence-corrected chi connectivity index (χ1v) is 5.99. The van der Waals surface area contributed by atoms with E-state index in [4.69, 9.17) is 16.0 Å². The minimum atomic E-state index is -0.656. The molecule has 0 saturated heterocycles. The fourth-order valence-corrected chi connectivity index (χ4v) is 2.12. The second-order valence-electron chi connectivity index (χ2n) is 3.47. The Labute approximate surface area is 107 Å². The van der Waals surface area contributed by atoms with E-state index in [0.29, 0.717) is 17.0 Å². The largest absolute Gasteiger partial charge is 0.469 e. The minimum Gasteiger partial charge on any atom is -0.469 e. The zero-order valence-corrected chi connectivity index (χ0v) is 10.7. The Balaban J connectivity index is 2.20. The summed E-state index contributed by atoms with van der Waals surface area (Å²) in [7, 11) is 0. The topological polar surface area (TPSA) is 33.4 Å². The highest BCUT2D eigenvalue weighted by Gasteiger charge is 2.14. The molecule has 16 heavy (non-hydrogen) atoms. The molecule has 2 aromatic rings. The van der Waals surface area contributed by atoms with Crippen LogP contribution in [0.2, 0.25) is 5.02 Å². The van der Waals surface area contributed by atoms with Gasteiger partial charge in [-0.3, -0.25) is 0 Å². The van der Waals surface area contributed by atoms with Crippen molar-refractivity contribution in [1.29, 1.82) is 0 Å². The van der Waals surface area contributed by atoms with Crippen molar-refractivity contribution in [1.82, 2.24) is 0 Å². The zero-order chi connectivity index (χ0) is 11.5. The first-order chi connectivity index (χ1) is 7.66. The van der Waals surface area contributed by atoms with E-state index in [0.717, 1.165) is 10.2 Å². The van der Waals surface area contributed by atoms with E-state index < -0.39 is 6.10 Å². The van der Waals surface area contributed by atoms with Crippen molar-refractivity contribution in [3.63, 3.8) is 0 Å². The Morgan fingerprint density at radius 2 is 2.19 bits per heavy atom. The summed E-state index contributed by atoms with van der Waals surface area (Å²) in [6, 6.07) is 9.04. The van der Waals surface area contributed by atoms with Crippen molar-refractivity contribution >= 4 is 27.5 Å². The molecule has 0 fully saturated rings. The average molecular weight is 302 g/mol. The Morgan fingerprint density at radius 3 is 2.88 bits per heavy atom. The van der Waals surface area contributed by atoms with Crippen molar-refractivity contribution < 1.29 is 9.52 Å². The zero-order valence-electron chi connectivity index (χ0n) is 8.36. The predicted octanol–water partition coefficient (Wildman–Crippen LogP) is 3.97. The van der Waals surface area contributed by atoms with Crippen LogP contribution in [-0.2, 0) is 6.42 Å². The third kappa shape index (κ3) is 2.67. The molecule has 2 rings (SSSR count). The monoisotopic (exact) mass is 300 g/mol. The molecule has 0 aliphatic carbocycles. The van der Waals surface area contributed by atoms with Crippen molar-refractivity contribution in [2.45, 2.75) is 12.5 Å². The maximum absolute atomic E-state index is 10.0. The molecule has 1 heterocycles. The van der Waals surface area contributed by atoms with Gasteiger partial charge in [0, 0.05) is 21.5 Å². The molecule has 4 heteroatoms. The van der Waals surface area contributed by atoms with E-state index in [1.54, 1.807) is 18.4 Å². The number of furan rings is 1. The summed E-state index contributed by atoms with van der Waals surface area (Å²) in [5.74, 6) is 0.739. The summed E-state index contributed by atoms with van der Waals surface area (Å²) in [4.78, 5) is 0. The SMILES string of the molecule is OC(Cc1ccco1)c1cc(Br)ccc1Cl. The molecule has 0 amide bonds. The standard InChI is InChI=1S/C12H10BrClO2/c13-8-3-4-11(14)10(6-8)12(15)7-9-2-1-5-16-9/h1-6,12,15H,7H2. The van der Waals surface area contributed by atoms with Crippen LogP contribution in [0.5, 0.6) is 0 Å². The van der Waals surface area contributed by atoms with Crippen LogP contribution in [-0.4, -0.2) is 5.11 Å². The molecule has 2 nitrogen and oxygen atoms in total. The van der Waals surface area contributed by atoms with Gasteiger partial charge in [0.1, 0.15) is 5.76 Å². The Hall–Kier alpha value is -0.770. The van der Waals surface area contributed by atoms with E-state index in [-0.39, 0.29) is 0 Å². The lowest BCUT2D eigenvalue weighted by Crippen LogP contribution is -2.01. The lowest BCUT2D eigenvalue weighted by atomic mass is 10.1. The van der Waals surface area contributed by atoms with E-state index in [1.165, 1.54) is 0 Å². The highest BCUT2D eigenvalue weighted by atomic mass is 79.9. The van der Waals surface area contributed by atoms with Crippen molar-refractivity contribution in [2.75, 3.05) is 0 Å². The molecule has 0 spiro atoms. The van der Waals surface area contributed by atoms with E-state index in [2.05, 4.69) is 15.9 Å². The van der Waals surface area contributed by atoms with Gasteiger partial charge in [-0.2, -0.15) is 0 Å². The third-order valence-corrected chi connectivity index (χ3v) is 3.13. The van der Waals surface area contributed by atoms with Crippen LogP contribution < -0.4 is 0 Å². The molecule has 0 saturated carbocycles. The number of hydrogen-bond acceptors (Lipinski definition) is 2. The summed E-state index contributed by atoms with van der Waals surface area (Å²) in [6.07, 6.45) is 1.35. The van der Waals surface area contributed by atoms with Crippen LogP contribution in [0.15, 0.2) is 45.5 Å². The number of rotatable bonds is 3. The molecule has 1 aromatic carbocycles. The van der Waals surface area contributed by atoms with Crippen LogP contribution in [0.3, 0.4) is 0 Å². The van der Waals surface area contributed by atoms with Gasteiger partial charge in [-0.25, -0.2) is 0 Å². The summed E-state index contributed by atoms with van der Waals surface area (Å²) in [5.41, 5.74) is 0.701. The number of benzene rings is 1. The smallest absolute Gasteiger partial charge is 0.106 e. The second-order valence-corrected chi connectivity index (χ2v) is 4.79. The number of aliphatic hydroxyl groups is 1. The maximum atomic E-state index is 10.0. The van der Waals surface area contributed by atoms with Crippen molar-refractivity contribution in [3.8, 4) is 0 Å². The fraction of sp³-hybridized carbons (Fsp3) is 0.167. The van der Waals surface area contributed by atoms with Gasteiger partial charge in [0.25, 0.3) is 0 Å². The third-order valence-electron chi connectivity index (χ3n) is 2.29. The van der Waals surface area contributed by atoms with Gasteiger partial charge >= 0.3 is 0 Å². The number of aliphatic hydroxyl groups excluding tert-OH is 1. The van der Waals surface area contributed by atoms with Crippen LogP contribution in [0, 0.1) is 0 Å². The van der Waals surface area contributed by atoms with Crippen LogP contribution in [0.1, 0.15) is 17.4 Å². The molecule has 0 radical (unpaired) electrons. The van der Waals surface area contributed by atoms with E-state index >= 15 is 0 Å². The highest BCUT2D eigenvalue weighted by molar-refractivity contribution is 9.10. The summed E-state index contributed by atoms with van der Waals surface area (Å²) < 4.78 is 6.07. The minimum absolute atomic E-state index is 0.420. The molecule has 0 bridgehead atoms. The molecule has 1 aromatic heterocycles. The number of halogens is 2. The van der Waals surface area contributed by atoms with Gasteiger partial charge in [0.05, 0.1) is 12.4 Å². The predicted molar refractivity (Wildman–Crippen MR) is 66.5 cm³/mol. The molecule has 0 aliphatic rings. The van der Waals surface area contributed by atoms with E-state index in [9.17, 15) is 5.11 Å². The summed E-state index contributed by atoms with van der Waals surface area (Å²) >= 11 is 9.37. The molecule has 1 N–H and O–H groups in total. The van der Waals surface area contributed by atoms with Crippen molar-refractivity contribution in [3.05, 3.63) is 57.4 Å². The quantitative estimate of drug-likeness (QED) is 0.930. The first-order valence-electron chi connectivity index (χ1n) is 4.82. The van der Waals surface area contributed by atoms with Gasteiger partial charge in [-0.05, 0) is 30.3 Å². The summed E-state index contributed by atoms with van der Waals surface area (Å²) in [5, 5.41) is 10.6. The Bertz CT molecular complexity index is 468. The fourth-order valence-electron chi connectivity index (χ4n) is 1.50. The first kappa shape index (κ1) is 11.7. The maximum Gasteiger partial charge on any atom is 0.106 e. The molecular formula is C12H10BrClO2. The second kappa shape index (κ2) is 5.04. The summed E-state index contributed by atoms with van der Waals surface area (Å²) in [6.45, 7) is 0. The van der Waals surface area contributed by atoms with Crippen LogP contribution >= 0.6 is 27.5 Å². The Morgan fingerprint density at radius 1 is 1.38 bits per heavy atom. The lowest BCUT2D eigenvalue weighted by Gasteiger charge is -2.11. The normalized spacial score (nSPS) is 12.7. The molecule has 1 atom stereocenters. The molecule has 0 aliphatic heterocycles. The molecule has 1 unspecified atom stereocenters. The Kier molecular flexibility index (Phi) is 3.69. The van der Waals surface area contributed by atoms with E-state index in [1.807, 2.05) is 18.2 Å². The van der Waals surface area contributed by atoms with Gasteiger partial charge < -0.3 is 9.52 Å². The number of hydrogen-bond donors (Lipinski definition) is 1. The lowest BCUT2D eigenvalue weighted by molar-refractivity contribution is 0.170. The average Bonchev–Trinajstić information content (AvgIpc) is 2.74.